The van der Waals surface area contributed by atoms with Crippen molar-refractivity contribution in [3.63, 3.8) is 0 Å². The first-order valence-corrected chi connectivity index (χ1v) is 22.3. The molecule has 1 unspecified atom stereocenters. The molecule has 64 heavy (non-hydrogen) atoms. The van der Waals surface area contributed by atoms with E-state index < -0.39 is 36.1 Å². The van der Waals surface area contributed by atoms with E-state index in [4.69, 9.17) is 5.10 Å². The van der Waals surface area contributed by atoms with E-state index in [-0.39, 0.29) is 41.6 Å². The smallest absolute Gasteiger partial charge is 0.317 e. The Balaban J connectivity index is 0.828. The number of halogens is 2. The molecule has 1 atom stereocenters. The first-order chi connectivity index (χ1) is 31.0. The number of unbranched alkanes of at least 4 members (excludes halogenated alkanes) is 3. The summed E-state index contributed by atoms with van der Waals surface area (Å²) in [6.45, 7) is 4.39. The molecule has 2 N–H and O–H groups in total. The fraction of sp³-hybridized carbons (Fsp3) is 0.468. The predicted octanol–water partition coefficient (Wildman–Crippen LogP) is 5.65. The number of anilines is 2. The summed E-state index contributed by atoms with van der Waals surface area (Å²) in [6, 6.07) is 7.50. The van der Waals surface area contributed by atoms with Crippen LogP contribution in [0, 0.1) is 11.8 Å². The summed E-state index contributed by atoms with van der Waals surface area (Å²) in [7, 11) is 3.40. The number of amides is 6. The van der Waals surface area contributed by atoms with E-state index in [1.54, 1.807) is 60.3 Å². The zero-order valence-corrected chi connectivity index (χ0v) is 36.2. The number of nitrogens with one attached hydrogen (secondary N) is 2. The number of nitrogens with zero attached hydrogens (tertiary/aromatic N) is 8. The molecule has 334 valence electrons. The molecule has 17 heteroatoms. The first-order valence-electron chi connectivity index (χ1n) is 22.3. The molecule has 0 bridgehead atoms. The highest BCUT2D eigenvalue weighted by molar-refractivity contribution is 6.24. The second-order valence-electron chi connectivity index (χ2n) is 17.3. The molecule has 0 saturated carbocycles. The second kappa shape index (κ2) is 18.0. The lowest BCUT2D eigenvalue weighted by atomic mass is 9.92. The molecular formula is C47H52F2N10O5. The largest absolute Gasteiger partial charge is 0.341 e. The van der Waals surface area contributed by atoms with Gasteiger partial charge < -0.3 is 20.0 Å². The third-order valence-electron chi connectivity index (χ3n) is 13.3. The monoisotopic (exact) mass is 874 g/mol. The van der Waals surface area contributed by atoms with Crippen molar-refractivity contribution in [3.05, 3.63) is 81.8 Å². The molecule has 15 nitrogen and oxygen atoms in total. The van der Waals surface area contributed by atoms with Crippen molar-refractivity contribution in [3.8, 4) is 23.0 Å². The average Bonchev–Trinajstić information content (AvgIpc) is 3.98. The van der Waals surface area contributed by atoms with Gasteiger partial charge in [0.15, 0.2) is 5.82 Å². The van der Waals surface area contributed by atoms with E-state index in [0.717, 1.165) is 97.8 Å². The number of benzene rings is 2. The van der Waals surface area contributed by atoms with Crippen LogP contribution in [0.5, 0.6) is 0 Å². The van der Waals surface area contributed by atoms with Gasteiger partial charge in [-0.2, -0.15) is 10.2 Å². The number of imide groups is 2. The molecule has 4 aromatic rings. The third-order valence-corrected chi connectivity index (χ3v) is 13.3. The predicted molar refractivity (Wildman–Crippen MR) is 233 cm³/mol. The Morgan fingerprint density at radius 3 is 2.55 bits per heavy atom. The Morgan fingerprint density at radius 1 is 0.969 bits per heavy atom. The quantitative estimate of drug-likeness (QED) is 0.117. The fourth-order valence-corrected chi connectivity index (χ4v) is 10.0. The van der Waals surface area contributed by atoms with Gasteiger partial charge in [0.2, 0.25) is 11.8 Å². The van der Waals surface area contributed by atoms with Crippen molar-refractivity contribution < 1.29 is 32.8 Å². The van der Waals surface area contributed by atoms with Crippen LogP contribution in [0.2, 0.25) is 0 Å². The van der Waals surface area contributed by atoms with Crippen LogP contribution < -0.4 is 15.5 Å². The summed E-state index contributed by atoms with van der Waals surface area (Å²) in [5.74, 6) is 4.86. The maximum atomic E-state index is 14.7. The highest BCUT2D eigenvalue weighted by Crippen LogP contribution is 2.44. The summed E-state index contributed by atoms with van der Waals surface area (Å²) in [5.41, 5.74) is 5.84. The molecule has 0 radical (unpaired) electrons. The van der Waals surface area contributed by atoms with Gasteiger partial charge in [-0.15, -0.1) is 0 Å². The van der Waals surface area contributed by atoms with Gasteiger partial charge in [0.25, 0.3) is 18.2 Å². The van der Waals surface area contributed by atoms with Crippen LogP contribution in [0.4, 0.5) is 25.1 Å². The van der Waals surface area contributed by atoms with Gasteiger partial charge in [-0.05, 0) is 86.9 Å². The number of likely N-dealkylation sites (tertiary alicyclic amines) is 1. The average molecular weight is 875 g/mol. The Labute approximate surface area is 370 Å². The van der Waals surface area contributed by atoms with Crippen molar-refractivity contribution in [2.24, 2.45) is 7.05 Å². The van der Waals surface area contributed by atoms with Gasteiger partial charge in [0, 0.05) is 99.4 Å². The van der Waals surface area contributed by atoms with Crippen LogP contribution in [0.25, 0.3) is 11.1 Å². The number of carbonyl (C=O) groups is 5. The molecule has 2 aromatic heterocycles. The Morgan fingerprint density at radius 2 is 1.80 bits per heavy atom. The number of carbonyl (C=O) groups excluding carboxylic acids is 5. The van der Waals surface area contributed by atoms with Gasteiger partial charge >= 0.3 is 6.03 Å². The van der Waals surface area contributed by atoms with Gasteiger partial charge in [0.05, 0.1) is 29.9 Å². The number of hydrogen-bond donors (Lipinski definition) is 2. The molecule has 2 fully saturated rings. The molecule has 0 spiro atoms. The Hall–Kier alpha value is -6.41. The lowest BCUT2D eigenvalue weighted by Crippen LogP contribution is -2.54. The summed E-state index contributed by atoms with van der Waals surface area (Å²) in [4.78, 5) is 70.9. The third kappa shape index (κ3) is 8.15. The number of aromatic nitrogens is 4. The SMILES string of the molecule is CNC(=O)N1CCc2c(c(N3CCCc4cc(-c5cnn(C)c5)c(C(F)F)cc43)nn2C2CCN(CCCCCC#Cc3cccc4c3C(=O)N(C3CCC(=O)NC3=O)C4=O)CC2)C1. The summed E-state index contributed by atoms with van der Waals surface area (Å²) < 4.78 is 33.3. The number of urea groups is 1. The highest BCUT2D eigenvalue weighted by atomic mass is 19.3. The van der Waals surface area contributed by atoms with E-state index in [2.05, 4.69) is 42.1 Å². The van der Waals surface area contributed by atoms with E-state index in [0.29, 0.717) is 49.2 Å². The minimum atomic E-state index is -2.68. The molecule has 6 amide bonds. The maximum Gasteiger partial charge on any atom is 0.317 e. The second-order valence-corrected chi connectivity index (χ2v) is 17.3. The van der Waals surface area contributed by atoms with Crippen LogP contribution in [-0.2, 0) is 36.0 Å². The van der Waals surface area contributed by atoms with E-state index in [1.165, 1.54) is 0 Å². The van der Waals surface area contributed by atoms with Crippen molar-refractivity contribution >= 4 is 41.2 Å². The summed E-state index contributed by atoms with van der Waals surface area (Å²) in [5, 5.41) is 14.5. The van der Waals surface area contributed by atoms with E-state index in [1.807, 2.05) is 6.07 Å². The first kappa shape index (κ1) is 42.9. The number of alkyl halides is 2. The molecule has 2 saturated heterocycles. The molecule has 2 aromatic carbocycles. The molecule has 7 heterocycles. The van der Waals surface area contributed by atoms with E-state index >= 15 is 0 Å². The Bertz CT molecular complexity index is 2580. The maximum absolute atomic E-state index is 14.7. The zero-order chi connectivity index (χ0) is 44.6. The Kier molecular flexibility index (Phi) is 12.1. The van der Waals surface area contributed by atoms with Crippen LogP contribution in [0.3, 0.4) is 0 Å². The van der Waals surface area contributed by atoms with E-state index in [9.17, 15) is 32.8 Å². The standard InChI is InChI=1S/C47H52F2N10O5/c1-50-47(64)56-23-18-37-36(28-56)43(57-20-9-12-30-24-34(31-26-51-54(2)27-31)35(42(48)49)25-39(30)57)53-59(37)32-16-21-55(22-17-32)19-7-5-3-4-6-10-29-11-8-13-33-41(29)46(63)58(45(33)62)38-14-15-40(60)52-44(38)61/h8,11,13,24-27,32,38,42H,3-5,7,9,12,14-23,28H2,1-2H3,(H,50,64)(H,52,60,61). The number of aryl methyl sites for hydroxylation is 2. The van der Waals surface area contributed by atoms with Gasteiger partial charge in [-0.25, -0.2) is 13.6 Å². The molecular weight excluding hydrogens is 823 g/mol. The topological polar surface area (TPSA) is 158 Å². The normalized spacial score (nSPS) is 19.1. The highest BCUT2D eigenvalue weighted by Gasteiger charge is 2.45. The number of piperidine rings is 2. The molecule has 9 rings (SSSR count). The summed E-state index contributed by atoms with van der Waals surface area (Å²) >= 11 is 0. The minimum Gasteiger partial charge on any atom is -0.341 e. The van der Waals surface area contributed by atoms with Crippen molar-refractivity contribution in [2.45, 2.75) is 95.7 Å². The van der Waals surface area contributed by atoms with Gasteiger partial charge in [0.1, 0.15) is 6.04 Å². The number of hydrogen-bond acceptors (Lipinski definition) is 9. The van der Waals surface area contributed by atoms with Gasteiger partial charge in [-0.1, -0.05) is 24.3 Å². The van der Waals surface area contributed by atoms with Gasteiger partial charge in [-0.3, -0.25) is 38.8 Å². The van der Waals surface area contributed by atoms with Crippen molar-refractivity contribution in [1.82, 2.24) is 44.9 Å². The van der Waals surface area contributed by atoms with Crippen LogP contribution >= 0.6 is 0 Å². The molecule has 5 aliphatic heterocycles. The lowest BCUT2D eigenvalue weighted by molar-refractivity contribution is -0.136. The van der Waals surface area contributed by atoms with Crippen molar-refractivity contribution in [2.75, 3.05) is 44.7 Å². The number of fused-ring (bicyclic) bond motifs is 3. The minimum absolute atomic E-state index is 0.0349. The fourth-order valence-electron chi connectivity index (χ4n) is 10.0. The van der Waals surface area contributed by atoms with Crippen molar-refractivity contribution in [1.29, 1.82) is 0 Å². The lowest BCUT2D eigenvalue weighted by Gasteiger charge is -2.34. The van der Waals surface area contributed by atoms with Crippen LogP contribution in [0.1, 0.15) is 119 Å². The molecule has 0 aliphatic carbocycles. The summed E-state index contributed by atoms with van der Waals surface area (Å²) in [6.07, 6.45) is 8.47. The number of rotatable bonds is 10. The van der Waals surface area contributed by atoms with Crippen LogP contribution in [-0.4, -0.2) is 110 Å². The zero-order valence-electron chi connectivity index (χ0n) is 36.2. The van der Waals surface area contributed by atoms with Crippen LogP contribution in [0.15, 0.2) is 42.7 Å². The molecule has 5 aliphatic rings.